The van der Waals surface area contributed by atoms with Gasteiger partial charge in [0.1, 0.15) is 17.7 Å². The van der Waals surface area contributed by atoms with Gasteiger partial charge in [0.15, 0.2) is 0 Å². The first-order chi connectivity index (χ1) is 8.49. The number of alkyl halides is 1. The van der Waals surface area contributed by atoms with Crippen molar-refractivity contribution in [1.82, 2.24) is 0 Å². The van der Waals surface area contributed by atoms with Crippen LogP contribution in [0.4, 0.5) is 20.2 Å². The van der Waals surface area contributed by atoms with Gasteiger partial charge in [-0.25, -0.2) is 8.78 Å². The van der Waals surface area contributed by atoms with Crippen LogP contribution in [0.3, 0.4) is 0 Å². The van der Waals surface area contributed by atoms with Crippen molar-refractivity contribution < 1.29 is 18.3 Å². The maximum atomic E-state index is 13.4. The van der Waals surface area contributed by atoms with Gasteiger partial charge in [-0.1, -0.05) is 22.6 Å². The van der Waals surface area contributed by atoms with E-state index in [0.717, 1.165) is 12.1 Å². The van der Waals surface area contributed by atoms with Gasteiger partial charge in [-0.3, -0.25) is 4.79 Å². The summed E-state index contributed by atoms with van der Waals surface area (Å²) in [5.41, 5.74) is 9.88. The Bertz CT molecular complexity index is 445. The van der Waals surface area contributed by atoms with Crippen LogP contribution in [0.5, 0.6) is 0 Å². The molecule has 0 aromatic heterocycles. The number of amides is 1. The van der Waals surface area contributed by atoms with Crippen molar-refractivity contribution in [1.29, 1.82) is 0 Å². The number of rotatable bonds is 5. The fraction of sp³-hybridized carbons (Fsp3) is 0.300. The topological polar surface area (TPSA) is 90.4 Å². The van der Waals surface area contributed by atoms with Gasteiger partial charge in [-0.2, -0.15) is 0 Å². The van der Waals surface area contributed by atoms with Crippen LogP contribution in [0.25, 0.3) is 0 Å². The van der Waals surface area contributed by atoms with E-state index in [0.29, 0.717) is 0 Å². The predicted molar refractivity (Wildman–Crippen MR) is 72.2 cm³/mol. The van der Waals surface area contributed by atoms with E-state index < -0.39 is 23.6 Å². The summed E-state index contributed by atoms with van der Waals surface area (Å²) in [4.78, 5) is 11.6. The van der Waals surface area contributed by atoms with Crippen molar-refractivity contribution in [2.24, 2.45) is 5.73 Å². The summed E-state index contributed by atoms with van der Waals surface area (Å²) < 4.78 is 31.8. The predicted octanol–water partition coefficient (Wildman–Crippen LogP) is 1.22. The lowest BCUT2D eigenvalue weighted by atomic mass is 10.2. The third kappa shape index (κ3) is 3.75. The van der Waals surface area contributed by atoms with Crippen molar-refractivity contribution in [3.8, 4) is 0 Å². The SMILES string of the molecule is NC[C@@H](OCI)C(=O)Nc1cc(F)c(N)cc1F. The Morgan fingerprint density at radius 1 is 1.44 bits per heavy atom. The van der Waals surface area contributed by atoms with Gasteiger partial charge in [-0.05, 0) is 0 Å². The highest BCUT2D eigenvalue weighted by Gasteiger charge is 2.19. The molecule has 0 aliphatic rings. The first kappa shape index (κ1) is 15.1. The second-order valence-corrected chi connectivity index (χ2v) is 3.97. The molecule has 0 aliphatic heterocycles. The van der Waals surface area contributed by atoms with Crippen LogP contribution in [0.15, 0.2) is 12.1 Å². The zero-order valence-corrected chi connectivity index (χ0v) is 11.4. The Morgan fingerprint density at radius 3 is 2.67 bits per heavy atom. The third-order valence-corrected chi connectivity index (χ3v) is 2.47. The Kier molecular flexibility index (Phi) is 5.69. The summed E-state index contributed by atoms with van der Waals surface area (Å²) in [5, 5.41) is 2.20. The number of hydrogen-bond acceptors (Lipinski definition) is 4. The Labute approximate surface area is 116 Å². The molecule has 0 bridgehead atoms. The minimum absolute atomic E-state index is 0.0616. The van der Waals surface area contributed by atoms with Gasteiger partial charge in [-0.15, -0.1) is 0 Å². The van der Waals surface area contributed by atoms with Crippen LogP contribution in [0.1, 0.15) is 0 Å². The number of carbonyl (C=O) groups excluding carboxylic acids is 1. The van der Waals surface area contributed by atoms with Gasteiger partial charge < -0.3 is 21.5 Å². The maximum Gasteiger partial charge on any atom is 0.254 e. The van der Waals surface area contributed by atoms with Crippen molar-refractivity contribution in [3.05, 3.63) is 23.8 Å². The molecule has 0 aliphatic carbocycles. The molecule has 1 atom stereocenters. The molecule has 5 N–H and O–H groups in total. The summed E-state index contributed by atoms with van der Waals surface area (Å²) in [6.45, 7) is -0.0616. The molecule has 0 unspecified atom stereocenters. The highest BCUT2D eigenvalue weighted by atomic mass is 127. The molecule has 8 heteroatoms. The van der Waals surface area contributed by atoms with Crippen molar-refractivity contribution in [2.75, 3.05) is 22.2 Å². The zero-order valence-electron chi connectivity index (χ0n) is 9.25. The van der Waals surface area contributed by atoms with Crippen LogP contribution >= 0.6 is 22.6 Å². The quantitative estimate of drug-likeness (QED) is 0.413. The van der Waals surface area contributed by atoms with E-state index >= 15 is 0 Å². The zero-order chi connectivity index (χ0) is 13.7. The summed E-state index contributed by atoms with van der Waals surface area (Å²) in [6.07, 6.45) is -0.915. The van der Waals surface area contributed by atoms with E-state index in [4.69, 9.17) is 16.2 Å². The van der Waals surface area contributed by atoms with E-state index in [9.17, 15) is 13.6 Å². The van der Waals surface area contributed by atoms with Crippen LogP contribution < -0.4 is 16.8 Å². The number of nitrogen functional groups attached to an aromatic ring is 1. The first-order valence-corrected chi connectivity index (χ1v) is 6.45. The Hall–Kier alpha value is -1.00. The van der Waals surface area contributed by atoms with E-state index in [1.807, 2.05) is 22.6 Å². The minimum Gasteiger partial charge on any atom is -0.396 e. The molecule has 1 rings (SSSR count). The lowest BCUT2D eigenvalue weighted by molar-refractivity contribution is -0.125. The first-order valence-electron chi connectivity index (χ1n) is 4.92. The molecule has 1 amide bonds. The number of ether oxygens (including phenoxy) is 1. The summed E-state index contributed by atoms with van der Waals surface area (Å²) in [6, 6.07) is 1.60. The number of hydrogen-bond donors (Lipinski definition) is 3. The molecule has 1 aromatic rings. The van der Waals surface area contributed by atoms with Gasteiger partial charge in [0.05, 0.1) is 16.0 Å². The molecule has 18 heavy (non-hydrogen) atoms. The molecular weight excluding hydrogens is 359 g/mol. The molecule has 100 valence electrons. The number of anilines is 2. The van der Waals surface area contributed by atoms with Crippen LogP contribution in [0.2, 0.25) is 0 Å². The summed E-state index contributed by atoms with van der Waals surface area (Å²) in [5.74, 6) is -2.28. The van der Waals surface area contributed by atoms with E-state index in [-0.39, 0.29) is 22.5 Å². The second-order valence-electron chi connectivity index (χ2n) is 3.34. The van der Waals surface area contributed by atoms with Crippen molar-refractivity contribution in [2.45, 2.75) is 6.10 Å². The molecule has 0 heterocycles. The average molecular weight is 371 g/mol. The normalized spacial score (nSPS) is 12.2. The van der Waals surface area contributed by atoms with Crippen LogP contribution in [-0.4, -0.2) is 23.2 Å². The molecule has 0 fully saturated rings. The van der Waals surface area contributed by atoms with Crippen LogP contribution in [-0.2, 0) is 9.53 Å². The Morgan fingerprint density at radius 2 is 2.11 bits per heavy atom. The number of halogens is 3. The maximum absolute atomic E-state index is 13.4. The lowest BCUT2D eigenvalue weighted by Crippen LogP contribution is -2.36. The largest absolute Gasteiger partial charge is 0.396 e. The number of nitrogens with one attached hydrogen (secondary N) is 1. The minimum atomic E-state index is -0.915. The molecule has 0 saturated carbocycles. The van der Waals surface area contributed by atoms with E-state index in [2.05, 4.69) is 5.32 Å². The van der Waals surface area contributed by atoms with Crippen LogP contribution in [0, 0.1) is 11.6 Å². The molecule has 5 nitrogen and oxygen atoms in total. The molecule has 0 radical (unpaired) electrons. The average Bonchev–Trinajstić information content (AvgIpc) is 2.32. The van der Waals surface area contributed by atoms with E-state index in [1.54, 1.807) is 0 Å². The van der Waals surface area contributed by atoms with Crippen molar-refractivity contribution >= 4 is 39.9 Å². The monoisotopic (exact) mass is 371 g/mol. The molecule has 0 spiro atoms. The van der Waals surface area contributed by atoms with Gasteiger partial charge in [0.25, 0.3) is 5.91 Å². The summed E-state index contributed by atoms with van der Waals surface area (Å²) in [7, 11) is 0. The fourth-order valence-corrected chi connectivity index (χ4v) is 1.63. The second kappa shape index (κ2) is 6.81. The number of carbonyl (C=O) groups is 1. The van der Waals surface area contributed by atoms with Gasteiger partial charge in [0, 0.05) is 18.7 Å². The highest BCUT2D eigenvalue weighted by molar-refractivity contribution is 14.1. The standard InChI is InChI=1S/C10H12F2IN3O2/c11-5-2-8(6(12)1-7(5)15)16-10(17)9(3-14)18-4-13/h1-2,9H,3-4,14-15H2,(H,16,17)/t9-/m1/s1. The number of benzene rings is 1. The third-order valence-electron chi connectivity index (χ3n) is 2.11. The number of nitrogens with two attached hydrogens (primary N) is 2. The van der Waals surface area contributed by atoms with Gasteiger partial charge in [0.2, 0.25) is 0 Å². The molecular formula is C10H12F2IN3O2. The summed E-state index contributed by atoms with van der Waals surface area (Å²) >= 11 is 1.90. The molecule has 0 saturated heterocycles. The molecule has 1 aromatic carbocycles. The smallest absolute Gasteiger partial charge is 0.254 e. The fourth-order valence-electron chi connectivity index (χ4n) is 1.20. The van der Waals surface area contributed by atoms with E-state index in [1.165, 1.54) is 0 Å². The Balaban J connectivity index is 2.84. The highest BCUT2D eigenvalue weighted by Crippen LogP contribution is 2.21. The lowest BCUT2D eigenvalue weighted by Gasteiger charge is -2.15. The van der Waals surface area contributed by atoms with Crippen molar-refractivity contribution in [3.63, 3.8) is 0 Å². The van der Waals surface area contributed by atoms with Gasteiger partial charge >= 0.3 is 0 Å².